The SMILES string of the molecule is COc1cc(CNC(=O)c2ccc(-c3ncccc3Cl)cc2)cc(OC)c1. The lowest BCUT2D eigenvalue weighted by Crippen LogP contribution is -2.22. The molecule has 1 heterocycles. The van der Waals surface area contributed by atoms with Crippen LogP contribution >= 0.6 is 11.6 Å². The number of pyridine rings is 1. The summed E-state index contributed by atoms with van der Waals surface area (Å²) in [6.45, 7) is 0.361. The summed E-state index contributed by atoms with van der Waals surface area (Å²) in [5.74, 6) is 1.18. The first-order valence-corrected chi connectivity index (χ1v) is 8.69. The number of carbonyl (C=O) groups excluding carboxylic acids is 1. The Bertz CT molecular complexity index is 920. The zero-order valence-electron chi connectivity index (χ0n) is 15.0. The number of carbonyl (C=O) groups is 1. The summed E-state index contributed by atoms with van der Waals surface area (Å²) < 4.78 is 10.5. The molecule has 0 atom stereocenters. The van der Waals surface area contributed by atoms with Crippen LogP contribution in [0.5, 0.6) is 11.5 Å². The lowest BCUT2D eigenvalue weighted by Gasteiger charge is -2.10. The van der Waals surface area contributed by atoms with Gasteiger partial charge in [0.05, 0.1) is 24.9 Å². The van der Waals surface area contributed by atoms with Crippen molar-refractivity contribution in [3.05, 3.63) is 76.9 Å². The Balaban J connectivity index is 1.69. The second-order valence-electron chi connectivity index (χ2n) is 5.81. The van der Waals surface area contributed by atoms with Crippen molar-refractivity contribution in [2.75, 3.05) is 14.2 Å². The zero-order valence-corrected chi connectivity index (χ0v) is 15.8. The first kappa shape index (κ1) is 18.7. The maximum Gasteiger partial charge on any atom is 0.251 e. The van der Waals surface area contributed by atoms with Crippen LogP contribution in [0.4, 0.5) is 0 Å². The molecule has 3 rings (SSSR count). The number of aromatic nitrogens is 1. The highest BCUT2D eigenvalue weighted by atomic mass is 35.5. The van der Waals surface area contributed by atoms with Crippen LogP contribution in [0.15, 0.2) is 60.8 Å². The number of hydrogen-bond acceptors (Lipinski definition) is 4. The minimum Gasteiger partial charge on any atom is -0.497 e. The third-order valence-electron chi connectivity index (χ3n) is 4.04. The lowest BCUT2D eigenvalue weighted by atomic mass is 10.1. The van der Waals surface area contributed by atoms with Gasteiger partial charge in [-0.1, -0.05) is 23.7 Å². The summed E-state index contributed by atoms with van der Waals surface area (Å²) in [5.41, 5.74) is 2.99. The maximum absolute atomic E-state index is 12.4. The zero-order chi connectivity index (χ0) is 19.2. The van der Waals surface area contributed by atoms with E-state index in [1.165, 1.54) is 0 Å². The molecule has 5 nitrogen and oxygen atoms in total. The highest BCUT2D eigenvalue weighted by Gasteiger charge is 2.09. The van der Waals surface area contributed by atoms with Crippen LogP contribution in [-0.2, 0) is 6.54 Å². The number of benzene rings is 2. The highest BCUT2D eigenvalue weighted by Crippen LogP contribution is 2.25. The molecule has 0 bridgehead atoms. The van der Waals surface area contributed by atoms with E-state index in [0.717, 1.165) is 11.1 Å². The van der Waals surface area contributed by atoms with E-state index in [1.807, 2.05) is 24.3 Å². The van der Waals surface area contributed by atoms with Crippen molar-refractivity contribution in [1.82, 2.24) is 10.3 Å². The van der Waals surface area contributed by atoms with Gasteiger partial charge in [-0.3, -0.25) is 9.78 Å². The van der Waals surface area contributed by atoms with Crippen LogP contribution in [0.1, 0.15) is 15.9 Å². The van der Waals surface area contributed by atoms with Crippen molar-refractivity contribution in [1.29, 1.82) is 0 Å². The standard InChI is InChI=1S/C21H19ClN2O3/c1-26-17-10-14(11-18(12-17)27-2)13-24-21(25)16-7-5-15(6-8-16)20-19(22)4-3-9-23-20/h3-12H,13H2,1-2H3,(H,24,25). The number of halogens is 1. The van der Waals surface area contributed by atoms with Crippen LogP contribution in [0.25, 0.3) is 11.3 Å². The van der Waals surface area contributed by atoms with Gasteiger partial charge in [0, 0.05) is 29.9 Å². The average Bonchev–Trinajstić information content (AvgIpc) is 2.72. The third-order valence-corrected chi connectivity index (χ3v) is 4.35. The van der Waals surface area contributed by atoms with Crippen LogP contribution in [-0.4, -0.2) is 25.1 Å². The van der Waals surface area contributed by atoms with Gasteiger partial charge >= 0.3 is 0 Å². The van der Waals surface area contributed by atoms with E-state index in [4.69, 9.17) is 21.1 Å². The topological polar surface area (TPSA) is 60.5 Å². The van der Waals surface area contributed by atoms with Gasteiger partial charge in [0.25, 0.3) is 5.91 Å². The first-order valence-electron chi connectivity index (χ1n) is 8.32. The number of rotatable bonds is 6. The number of nitrogens with one attached hydrogen (secondary N) is 1. The van der Waals surface area contributed by atoms with E-state index in [9.17, 15) is 4.79 Å². The van der Waals surface area contributed by atoms with Crippen molar-refractivity contribution in [3.8, 4) is 22.8 Å². The Morgan fingerprint density at radius 1 is 1.04 bits per heavy atom. The van der Waals surface area contributed by atoms with E-state index < -0.39 is 0 Å². The Kier molecular flexibility index (Phi) is 5.94. The molecule has 0 saturated heterocycles. The molecular weight excluding hydrogens is 364 g/mol. The molecule has 27 heavy (non-hydrogen) atoms. The van der Waals surface area contributed by atoms with Gasteiger partial charge in [0.1, 0.15) is 11.5 Å². The molecule has 0 aliphatic rings. The number of ether oxygens (including phenoxy) is 2. The molecule has 1 N–H and O–H groups in total. The molecule has 0 spiro atoms. The van der Waals surface area contributed by atoms with E-state index >= 15 is 0 Å². The predicted octanol–water partition coefficient (Wildman–Crippen LogP) is 4.35. The number of amides is 1. The van der Waals surface area contributed by atoms with Gasteiger partial charge < -0.3 is 14.8 Å². The molecule has 0 saturated carbocycles. The van der Waals surface area contributed by atoms with Gasteiger partial charge in [-0.25, -0.2) is 0 Å². The van der Waals surface area contributed by atoms with Crippen molar-refractivity contribution < 1.29 is 14.3 Å². The van der Waals surface area contributed by atoms with E-state index in [0.29, 0.717) is 34.3 Å². The minimum atomic E-state index is -0.171. The number of methoxy groups -OCH3 is 2. The molecule has 0 aliphatic carbocycles. The van der Waals surface area contributed by atoms with Gasteiger partial charge in [-0.15, -0.1) is 0 Å². The molecule has 1 amide bonds. The summed E-state index contributed by atoms with van der Waals surface area (Å²) in [5, 5.41) is 3.47. The quantitative estimate of drug-likeness (QED) is 0.688. The molecule has 6 heteroatoms. The van der Waals surface area contributed by atoms with Gasteiger partial charge in [-0.05, 0) is 42.0 Å². The Morgan fingerprint density at radius 3 is 2.30 bits per heavy atom. The molecule has 3 aromatic rings. The summed E-state index contributed by atoms with van der Waals surface area (Å²) >= 11 is 6.17. The van der Waals surface area contributed by atoms with Gasteiger partial charge in [0.15, 0.2) is 0 Å². The lowest BCUT2D eigenvalue weighted by molar-refractivity contribution is 0.0951. The molecule has 138 valence electrons. The van der Waals surface area contributed by atoms with Gasteiger partial charge in [-0.2, -0.15) is 0 Å². The first-order chi connectivity index (χ1) is 13.1. The molecule has 2 aromatic carbocycles. The molecule has 1 aromatic heterocycles. The van der Waals surface area contributed by atoms with Crippen LogP contribution in [0.2, 0.25) is 5.02 Å². The molecule has 0 radical (unpaired) electrons. The second-order valence-corrected chi connectivity index (χ2v) is 6.22. The van der Waals surface area contributed by atoms with Crippen molar-refractivity contribution in [2.45, 2.75) is 6.54 Å². The molecule has 0 fully saturated rings. The Morgan fingerprint density at radius 2 is 1.70 bits per heavy atom. The fourth-order valence-corrected chi connectivity index (χ4v) is 2.86. The summed E-state index contributed by atoms with van der Waals surface area (Å²) in [6.07, 6.45) is 1.68. The maximum atomic E-state index is 12.4. The largest absolute Gasteiger partial charge is 0.497 e. The van der Waals surface area contributed by atoms with E-state index in [-0.39, 0.29) is 5.91 Å². The van der Waals surface area contributed by atoms with E-state index in [1.54, 1.807) is 50.7 Å². The summed E-state index contributed by atoms with van der Waals surface area (Å²) in [7, 11) is 3.18. The number of nitrogens with zero attached hydrogens (tertiary/aromatic N) is 1. The Hall–Kier alpha value is -3.05. The summed E-state index contributed by atoms with van der Waals surface area (Å²) in [4.78, 5) is 16.7. The average molecular weight is 383 g/mol. The molecule has 0 unspecified atom stereocenters. The normalized spacial score (nSPS) is 10.3. The van der Waals surface area contributed by atoms with Crippen LogP contribution < -0.4 is 14.8 Å². The smallest absolute Gasteiger partial charge is 0.251 e. The van der Waals surface area contributed by atoms with Gasteiger partial charge in [0.2, 0.25) is 0 Å². The fourth-order valence-electron chi connectivity index (χ4n) is 2.63. The fraction of sp³-hybridized carbons (Fsp3) is 0.143. The third kappa shape index (κ3) is 4.57. The van der Waals surface area contributed by atoms with Crippen LogP contribution in [0, 0.1) is 0 Å². The van der Waals surface area contributed by atoms with Crippen molar-refractivity contribution in [2.24, 2.45) is 0 Å². The molecule has 0 aliphatic heterocycles. The second kappa shape index (κ2) is 8.56. The number of hydrogen-bond donors (Lipinski definition) is 1. The van der Waals surface area contributed by atoms with E-state index in [2.05, 4.69) is 10.3 Å². The predicted molar refractivity (Wildman–Crippen MR) is 105 cm³/mol. The molecular formula is C21H19ClN2O3. The minimum absolute atomic E-state index is 0.171. The Labute approximate surface area is 162 Å². The summed E-state index contributed by atoms with van der Waals surface area (Å²) in [6, 6.07) is 16.2. The van der Waals surface area contributed by atoms with Crippen molar-refractivity contribution in [3.63, 3.8) is 0 Å². The van der Waals surface area contributed by atoms with Crippen LogP contribution in [0.3, 0.4) is 0 Å². The van der Waals surface area contributed by atoms with Crippen molar-refractivity contribution >= 4 is 17.5 Å². The highest BCUT2D eigenvalue weighted by molar-refractivity contribution is 6.33. The monoisotopic (exact) mass is 382 g/mol.